The first-order valence-electron chi connectivity index (χ1n) is 6.43. The quantitative estimate of drug-likeness (QED) is 0.665. The summed E-state index contributed by atoms with van der Waals surface area (Å²) in [6.45, 7) is 0. The van der Waals surface area contributed by atoms with Gasteiger partial charge in [0.2, 0.25) is 0 Å². The van der Waals surface area contributed by atoms with Crippen molar-refractivity contribution in [3.05, 3.63) is 55.7 Å². The third kappa shape index (κ3) is 2.99. The molecule has 1 heterocycles. The summed E-state index contributed by atoms with van der Waals surface area (Å²) in [7, 11) is 0. The number of amides is 1. The number of fused-ring (bicyclic) bond motifs is 1. The van der Waals surface area contributed by atoms with Crippen LogP contribution in [0.1, 0.15) is 32.1 Å². The van der Waals surface area contributed by atoms with E-state index in [1.807, 2.05) is 30.3 Å². The number of nitrogens with one attached hydrogen (secondary N) is 1. The molecule has 3 rings (SSSR count). The highest BCUT2D eigenvalue weighted by molar-refractivity contribution is 9.10. The molecule has 0 fully saturated rings. The summed E-state index contributed by atoms with van der Waals surface area (Å²) in [6.07, 6.45) is 5.06. The van der Waals surface area contributed by atoms with Gasteiger partial charge in [0.1, 0.15) is 0 Å². The molecule has 3 nitrogen and oxygen atoms in total. The van der Waals surface area contributed by atoms with Crippen molar-refractivity contribution < 1.29 is 4.79 Å². The molecule has 1 aliphatic rings. The van der Waals surface area contributed by atoms with Crippen LogP contribution in [-0.2, 0) is 12.8 Å². The minimum absolute atomic E-state index is 0.127. The van der Waals surface area contributed by atoms with Gasteiger partial charge in [0, 0.05) is 9.35 Å². The Hall–Kier alpha value is -1.46. The first-order chi connectivity index (χ1) is 9.72. The minimum atomic E-state index is -0.127. The van der Waals surface area contributed by atoms with Crippen LogP contribution in [0.4, 0.5) is 0 Å². The van der Waals surface area contributed by atoms with Crippen LogP contribution in [0.15, 0.2) is 39.9 Å². The Balaban J connectivity index is 1.62. The van der Waals surface area contributed by atoms with E-state index in [0.29, 0.717) is 0 Å². The second kappa shape index (κ2) is 5.89. The summed E-state index contributed by atoms with van der Waals surface area (Å²) in [5.41, 5.74) is 4.86. The fourth-order valence-electron chi connectivity index (χ4n) is 2.21. The molecule has 1 aliphatic carbocycles. The van der Waals surface area contributed by atoms with Gasteiger partial charge in [0.05, 0.1) is 11.1 Å². The van der Waals surface area contributed by atoms with Crippen LogP contribution in [0, 0.1) is 0 Å². The Labute approximate surface area is 129 Å². The first-order valence-corrected chi connectivity index (χ1v) is 8.04. The second-order valence-corrected chi connectivity index (χ2v) is 6.72. The topological polar surface area (TPSA) is 41.5 Å². The average molecular weight is 349 g/mol. The number of hydrogen-bond donors (Lipinski definition) is 1. The molecule has 0 atom stereocenters. The Morgan fingerprint density at radius 1 is 1.30 bits per heavy atom. The lowest BCUT2D eigenvalue weighted by Crippen LogP contribution is -2.16. The number of nitrogens with zero attached hydrogens (tertiary/aromatic N) is 1. The van der Waals surface area contributed by atoms with Gasteiger partial charge >= 0.3 is 0 Å². The maximum atomic E-state index is 12.0. The van der Waals surface area contributed by atoms with E-state index in [1.54, 1.807) is 17.6 Å². The molecule has 20 heavy (non-hydrogen) atoms. The fraction of sp³-hybridized carbons (Fsp3) is 0.200. The number of carbonyl (C=O) groups excluding carboxylic acids is 1. The van der Waals surface area contributed by atoms with Crippen LogP contribution in [0.25, 0.3) is 0 Å². The van der Waals surface area contributed by atoms with E-state index < -0.39 is 0 Å². The molecule has 1 aromatic carbocycles. The van der Waals surface area contributed by atoms with E-state index in [4.69, 9.17) is 0 Å². The van der Waals surface area contributed by atoms with Gasteiger partial charge in [0.25, 0.3) is 5.91 Å². The van der Waals surface area contributed by atoms with Crippen molar-refractivity contribution in [1.82, 2.24) is 5.43 Å². The zero-order valence-corrected chi connectivity index (χ0v) is 13.1. The summed E-state index contributed by atoms with van der Waals surface area (Å²) < 4.78 is 1.02. The average Bonchev–Trinajstić information content (AvgIpc) is 3.02. The van der Waals surface area contributed by atoms with E-state index in [9.17, 15) is 4.79 Å². The van der Waals surface area contributed by atoms with Gasteiger partial charge in [-0.2, -0.15) is 5.10 Å². The van der Waals surface area contributed by atoms with Gasteiger partial charge in [-0.05, 0) is 48.6 Å². The van der Waals surface area contributed by atoms with E-state index in [2.05, 4.69) is 26.5 Å². The van der Waals surface area contributed by atoms with Crippen LogP contribution >= 0.6 is 27.3 Å². The lowest BCUT2D eigenvalue weighted by molar-refractivity contribution is 0.0959. The molecule has 2 aromatic rings. The van der Waals surface area contributed by atoms with Crippen molar-refractivity contribution in [1.29, 1.82) is 0 Å². The van der Waals surface area contributed by atoms with E-state index >= 15 is 0 Å². The molecule has 102 valence electrons. The van der Waals surface area contributed by atoms with Gasteiger partial charge in [-0.25, -0.2) is 5.43 Å². The predicted octanol–water partition coefficient (Wildman–Crippen LogP) is 3.76. The van der Waals surface area contributed by atoms with Crippen molar-refractivity contribution in [3.8, 4) is 0 Å². The van der Waals surface area contributed by atoms with Crippen LogP contribution in [-0.4, -0.2) is 12.1 Å². The number of halogens is 1. The van der Waals surface area contributed by atoms with Crippen LogP contribution < -0.4 is 5.43 Å². The van der Waals surface area contributed by atoms with Crippen LogP contribution in [0.3, 0.4) is 0 Å². The molecule has 0 aliphatic heterocycles. The number of rotatable bonds is 3. The molecule has 1 N–H and O–H groups in total. The van der Waals surface area contributed by atoms with Gasteiger partial charge in [-0.3, -0.25) is 4.79 Å². The van der Waals surface area contributed by atoms with E-state index in [-0.39, 0.29) is 5.91 Å². The highest BCUT2D eigenvalue weighted by Crippen LogP contribution is 2.30. The smallest absolute Gasteiger partial charge is 0.266 e. The zero-order valence-electron chi connectivity index (χ0n) is 10.7. The maximum Gasteiger partial charge on any atom is 0.281 e. The monoisotopic (exact) mass is 348 g/mol. The zero-order chi connectivity index (χ0) is 13.9. The lowest BCUT2D eigenvalue weighted by atomic mass is 10.2. The molecule has 0 unspecified atom stereocenters. The van der Waals surface area contributed by atoms with Crippen molar-refractivity contribution in [3.63, 3.8) is 0 Å². The molecule has 0 spiro atoms. The summed E-state index contributed by atoms with van der Waals surface area (Å²) in [4.78, 5) is 14.1. The molecule has 0 radical (unpaired) electrons. The highest BCUT2D eigenvalue weighted by Gasteiger charge is 2.17. The Morgan fingerprint density at radius 3 is 2.85 bits per heavy atom. The predicted molar refractivity (Wildman–Crippen MR) is 85.5 cm³/mol. The van der Waals surface area contributed by atoms with Crippen molar-refractivity contribution in [2.24, 2.45) is 5.10 Å². The molecular weight excluding hydrogens is 336 g/mol. The number of hydrazone groups is 1. The van der Waals surface area contributed by atoms with Crippen molar-refractivity contribution >= 4 is 39.4 Å². The summed E-state index contributed by atoms with van der Waals surface area (Å²) in [5.74, 6) is -0.127. The number of carbonyl (C=O) groups is 1. The van der Waals surface area contributed by atoms with Gasteiger partial charge in [-0.15, -0.1) is 11.3 Å². The maximum absolute atomic E-state index is 12.0. The Kier molecular flexibility index (Phi) is 3.98. The van der Waals surface area contributed by atoms with Crippen LogP contribution in [0.5, 0.6) is 0 Å². The van der Waals surface area contributed by atoms with Gasteiger partial charge in [0.15, 0.2) is 0 Å². The summed E-state index contributed by atoms with van der Waals surface area (Å²) in [6, 6.07) is 9.73. The van der Waals surface area contributed by atoms with Crippen molar-refractivity contribution in [2.75, 3.05) is 0 Å². The minimum Gasteiger partial charge on any atom is -0.266 e. The summed E-state index contributed by atoms with van der Waals surface area (Å²) >= 11 is 4.96. The molecular formula is C15H13BrN2OS. The molecule has 0 saturated carbocycles. The largest absolute Gasteiger partial charge is 0.281 e. The molecule has 0 bridgehead atoms. The molecule has 0 saturated heterocycles. The molecule has 1 amide bonds. The second-order valence-electron chi connectivity index (χ2n) is 4.66. The Morgan fingerprint density at radius 2 is 2.10 bits per heavy atom. The van der Waals surface area contributed by atoms with E-state index in [1.165, 1.54) is 16.9 Å². The SMILES string of the molecule is O=C(N/N=C\c1ccc(Br)cc1)c1cc2c(s1)CCC2. The lowest BCUT2D eigenvalue weighted by Gasteiger charge is -1.97. The van der Waals surface area contributed by atoms with Crippen LogP contribution in [0.2, 0.25) is 0 Å². The number of benzene rings is 1. The molecule has 5 heteroatoms. The standard InChI is InChI=1S/C15H13BrN2OS/c16-12-6-4-10(5-7-12)9-17-18-15(19)14-8-11-2-1-3-13(11)20-14/h4-9H,1-3H2,(H,18,19)/b17-9-. The number of aryl methyl sites for hydroxylation is 2. The van der Waals surface area contributed by atoms with E-state index in [0.717, 1.165) is 27.8 Å². The third-order valence-corrected chi connectivity index (χ3v) is 4.98. The third-order valence-electron chi connectivity index (χ3n) is 3.22. The fourth-order valence-corrected chi connectivity index (χ4v) is 3.62. The van der Waals surface area contributed by atoms with Gasteiger partial charge < -0.3 is 0 Å². The summed E-state index contributed by atoms with van der Waals surface area (Å²) in [5, 5.41) is 4.00. The Bertz CT molecular complexity index is 640. The highest BCUT2D eigenvalue weighted by atomic mass is 79.9. The number of hydrogen-bond acceptors (Lipinski definition) is 3. The number of thiophene rings is 1. The van der Waals surface area contributed by atoms with Gasteiger partial charge in [-0.1, -0.05) is 28.1 Å². The molecule has 1 aromatic heterocycles. The van der Waals surface area contributed by atoms with Crippen molar-refractivity contribution in [2.45, 2.75) is 19.3 Å². The first kappa shape index (κ1) is 13.5. The normalized spacial score (nSPS) is 13.7.